The fraction of sp³-hybridized carbons (Fsp3) is 0.318. The van der Waals surface area contributed by atoms with Crippen LogP contribution in [0.1, 0.15) is 6.42 Å². The number of methoxy groups -OCH3 is 3. The predicted octanol–water partition coefficient (Wildman–Crippen LogP) is 2.47. The van der Waals surface area contributed by atoms with Gasteiger partial charge in [0.25, 0.3) is 0 Å². The third-order valence-corrected chi connectivity index (χ3v) is 5.26. The largest absolute Gasteiger partial charge is 0.493 e. The second kappa shape index (κ2) is 10.2. The third kappa shape index (κ3) is 5.23. The summed E-state index contributed by atoms with van der Waals surface area (Å²) < 4.78 is 16.0. The van der Waals surface area contributed by atoms with E-state index < -0.39 is 5.92 Å². The minimum absolute atomic E-state index is 0.0291. The van der Waals surface area contributed by atoms with E-state index in [9.17, 15) is 14.4 Å². The molecule has 0 radical (unpaired) electrons. The maximum absolute atomic E-state index is 12.6. The van der Waals surface area contributed by atoms with Crippen LogP contribution in [0, 0.1) is 5.92 Å². The molecular formula is C22H24ClN3O6. The van der Waals surface area contributed by atoms with Gasteiger partial charge in [-0.2, -0.15) is 0 Å². The number of amides is 3. The molecule has 10 heteroatoms. The summed E-state index contributed by atoms with van der Waals surface area (Å²) in [6, 6.07) is 9.92. The first-order valence-electron chi connectivity index (χ1n) is 9.79. The van der Waals surface area contributed by atoms with Gasteiger partial charge in [-0.25, -0.2) is 0 Å². The Labute approximate surface area is 190 Å². The molecule has 2 aromatic carbocycles. The molecule has 0 aliphatic carbocycles. The molecule has 1 fully saturated rings. The average Bonchev–Trinajstić information content (AvgIpc) is 3.19. The zero-order valence-electron chi connectivity index (χ0n) is 17.9. The molecule has 1 aliphatic rings. The van der Waals surface area contributed by atoms with E-state index >= 15 is 0 Å². The van der Waals surface area contributed by atoms with Crippen LogP contribution in [0.15, 0.2) is 36.4 Å². The van der Waals surface area contributed by atoms with E-state index in [1.54, 1.807) is 36.4 Å². The molecule has 3 amide bonds. The van der Waals surface area contributed by atoms with Crippen molar-refractivity contribution in [2.24, 2.45) is 5.92 Å². The van der Waals surface area contributed by atoms with Gasteiger partial charge in [0.15, 0.2) is 11.5 Å². The highest BCUT2D eigenvalue weighted by molar-refractivity contribution is 6.30. The molecular weight excluding hydrogens is 438 g/mol. The topological polar surface area (TPSA) is 106 Å². The Morgan fingerprint density at radius 2 is 1.69 bits per heavy atom. The van der Waals surface area contributed by atoms with Crippen molar-refractivity contribution in [3.63, 3.8) is 0 Å². The number of halogens is 1. The van der Waals surface area contributed by atoms with Crippen LogP contribution in [0.5, 0.6) is 17.2 Å². The number of nitrogens with zero attached hydrogens (tertiary/aromatic N) is 1. The van der Waals surface area contributed by atoms with Crippen molar-refractivity contribution < 1.29 is 28.6 Å². The standard InChI is InChI=1S/C22H24ClN3O6/c1-30-17-9-16(10-18(31-2)21(17)32-3)26-12-13(8-20(26)28)22(29)24-11-19(27)25-15-6-4-14(23)5-7-15/h4-7,9-10,13H,8,11-12H2,1-3H3,(H,24,29)(H,25,27). The summed E-state index contributed by atoms with van der Waals surface area (Å²) in [5, 5.41) is 5.81. The molecule has 1 unspecified atom stereocenters. The molecule has 1 saturated heterocycles. The molecule has 0 saturated carbocycles. The first-order chi connectivity index (χ1) is 15.4. The number of carbonyl (C=O) groups is 3. The van der Waals surface area contributed by atoms with Crippen molar-refractivity contribution in [1.82, 2.24) is 5.32 Å². The van der Waals surface area contributed by atoms with Crippen LogP contribution in [-0.4, -0.2) is 52.1 Å². The molecule has 0 aromatic heterocycles. The van der Waals surface area contributed by atoms with Gasteiger partial charge in [-0.05, 0) is 24.3 Å². The van der Waals surface area contributed by atoms with Crippen LogP contribution in [0.25, 0.3) is 0 Å². The van der Waals surface area contributed by atoms with E-state index in [0.717, 1.165) is 0 Å². The van der Waals surface area contributed by atoms with Crippen molar-refractivity contribution in [3.8, 4) is 17.2 Å². The van der Waals surface area contributed by atoms with Gasteiger partial charge in [0, 0.05) is 35.8 Å². The van der Waals surface area contributed by atoms with Gasteiger partial charge < -0.3 is 29.7 Å². The molecule has 3 rings (SSSR count). The predicted molar refractivity (Wildman–Crippen MR) is 120 cm³/mol. The van der Waals surface area contributed by atoms with E-state index in [1.165, 1.54) is 26.2 Å². The van der Waals surface area contributed by atoms with Gasteiger partial charge in [-0.1, -0.05) is 11.6 Å². The molecule has 32 heavy (non-hydrogen) atoms. The van der Waals surface area contributed by atoms with Crippen LogP contribution in [0.4, 0.5) is 11.4 Å². The highest BCUT2D eigenvalue weighted by Gasteiger charge is 2.36. The number of rotatable bonds is 8. The van der Waals surface area contributed by atoms with Crippen LogP contribution < -0.4 is 29.7 Å². The number of anilines is 2. The number of hydrogen-bond acceptors (Lipinski definition) is 6. The summed E-state index contributed by atoms with van der Waals surface area (Å²) in [4.78, 5) is 38.7. The zero-order chi connectivity index (χ0) is 23.3. The Morgan fingerprint density at radius 3 is 2.25 bits per heavy atom. The van der Waals surface area contributed by atoms with Gasteiger partial charge in [0.05, 0.1) is 39.5 Å². The van der Waals surface area contributed by atoms with Gasteiger partial charge in [0.2, 0.25) is 23.5 Å². The molecule has 2 aromatic rings. The lowest BCUT2D eigenvalue weighted by Crippen LogP contribution is -2.37. The minimum atomic E-state index is -0.593. The lowest BCUT2D eigenvalue weighted by molar-refractivity contribution is -0.127. The molecule has 170 valence electrons. The number of carbonyl (C=O) groups excluding carboxylic acids is 3. The smallest absolute Gasteiger partial charge is 0.243 e. The van der Waals surface area contributed by atoms with Crippen molar-refractivity contribution in [2.45, 2.75) is 6.42 Å². The van der Waals surface area contributed by atoms with Crippen molar-refractivity contribution in [3.05, 3.63) is 41.4 Å². The summed E-state index contributed by atoms with van der Waals surface area (Å²) in [7, 11) is 4.46. The van der Waals surface area contributed by atoms with E-state index in [1.807, 2.05) is 0 Å². The van der Waals surface area contributed by atoms with Gasteiger partial charge in [-0.15, -0.1) is 0 Å². The lowest BCUT2D eigenvalue weighted by atomic mass is 10.1. The molecule has 2 N–H and O–H groups in total. The monoisotopic (exact) mass is 461 g/mol. The second-order valence-corrected chi connectivity index (χ2v) is 7.50. The first-order valence-corrected chi connectivity index (χ1v) is 10.2. The maximum atomic E-state index is 12.6. The van der Waals surface area contributed by atoms with Crippen molar-refractivity contribution in [1.29, 1.82) is 0 Å². The molecule has 1 aliphatic heterocycles. The Bertz CT molecular complexity index is 986. The Balaban J connectivity index is 1.62. The molecule has 9 nitrogen and oxygen atoms in total. The van der Waals surface area contributed by atoms with E-state index in [0.29, 0.717) is 33.6 Å². The number of ether oxygens (including phenoxy) is 3. The van der Waals surface area contributed by atoms with E-state index in [2.05, 4.69) is 10.6 Å². The number of benzene rings is 2. The summed E-state index contributed by atoms with van der Waals surface area (Å²) >= 11 is 5.82. The lowest BCUT2D eigenvalue weighted by Gasteiger charge is -2.20. The molecule has 0 bridgehead atoms. The quantitative estimate of drug-likeness (QED) is 0.625. The average molecular weight is 462 g/mol. The first kappa shape index (κ1) is 23.2. The number of nitrogens with one attached hydrogen (secondary N) is 2. The Morgan fingerprint density at radius 1 is 1.06 bits per heavy atom. The highest BCUT2D eigenvalue weighted by Crippen LogP contribution is 2.42. The summed E-state index contributed by atoms with van der Waals surface area (Å²) in [5.41, 5.74) is 1.10. The van der Waals surface area contributed by atoms with Gasteiger partial charge in [-0.3, -0.25) is 14.4 Å². The fourth-order valence-corrected chi connectivity index (χ4v) is 3.53. The second-order valence-electron chi connectivity index (χ2n) is 7.06. The summed E-state index contributed by atoms with van der Waals surface area (Å²) in [6.45, 7) is -0.0432. The Hall–Kier alpha value is -3.46. The highest BCUT2D eigenvalue weighted by atomic mass is 35.5. The fourth-order valence-electron chi connectivity index (χ4n) is 3.41. The molecule has 1 atom stereocenters. The SMILES string of the molecule is COc1cc(N2CC(C(=O)NCC(=O)Nc3ccc(Cl)cc3)CC2=O)cc(OC)c1OC. The Kier molecular flexibility index (Phi) is 7.42. The summed E-state index contributed by atoms with van der Waals surface area (Å²) in [5.74, 6) is -0.352. The zero-order valence-corrected chi connectivity index (χ0v) is 18.7. The molecule has 0 spiro atoms. The number of hydrogen-bond donors (Lipinski definition) is 2. The van der Waals surface area contributed by atoms with Crippen LogP contribution in [-0.2, 0) is 14.4 Å². The maximum Gasteiger partial charge on any atom is 0.243 e. The van der Waals surface area contributed by atoms with E-state index in [4.69, 9.17) is 25.8 Å². The normalized spacial score (nSPS) is 15.3. The van der Waals surface area contributed by atoms with Crippen molar-refractivity contribution in [2.75, 3.05) is 44.6 Å². The third-order valence-electron chi connectivity index (χ3n) is 5.01. The molecule has 1 heterocycles. The van der Waals surface area contributed by atoms with Crippen LogP contribution in [0.3, 0.4) is 0 Å². The van der Waals surface area contributed by atoms with Gasteiger partial charge in [0.1, 0.15) is 0 Å². The van der Waals surface area contributed by atoms with Crippen LogP contribution >= 0.6 is 11.6 Å². The van der Waals surface area contributed by atoms with Gasteiger partial charge >= 0.3 is 0 Å². The van der Waals surface area contributed by atoms with E-state index in [-0.39, 0.29) is 37.2 Å². The van der Waals surface area contributed by atoms with Crippen molar-refractivity contribution >= 4 is 40.7 Å². The minimum Gasteiger partial charge on any atom is -0.493 e. The van der Waals surface area contributed by atoms with Crippen LogP contribution in [0.2, 0.25) is 5.02 Å². The summed E-state index contributed by atoms with van der Waals surface area (Å²) in [6.07, 6.45) is 0.0291.